The Labute approximate surface area is 154 Å². The Kier molecular flexibility index (Phi) is 6.35. The van der Waals surface area contributed by atoms with Gasteiger partial charge in [0.05, 0.1) is 15.4 Å². The highest BCUT2D eigenvalue weighted by Gasteiger charge is 2.18. The fourth-order valence-electron chi connectivity index (χ4n) is 2.25. The first kappa shape index (κ1) is 19.5. The Hall–Kier alpha value is -2.87. The van der Waals surface area contributed by atoms with Crippen LogP contribution in [0.25, 0.3) is 0 Å². The van der Waals surface area contributed by atoms with Gasteiger partial charge in [0, 0.05) is 11.8 Å². The summed E-state index contributed by atoms with van der Waals surface area (Å²) in [6.45, 7) is 3.32. The van der Waals surface area contributed by atoms with Crippen molar-refractivity contribution in [3.8, 4) is 0 Å². The van der Waals surface area contributed by atoms with Crippen molar-refractivity contribution in [1.29, 1.82) is 0 Å². The van der Waals surface area contributed by atoms with E-state index < -0.39 is 23.4 Å². The number of benzene rings is 2. The van der Waals surface area contributed by atoms with Crippen molar-refractivity contribution in [2.45, 2.75) is 18.7 Å². The molecule has 0 unspecified atom stereocenters. The molecule has 0 heterocycles. The zero-order chi connectivity index (χ0) is 19.3. The largest absolute Gasteiger partial charge is 0.452 e. The molecule has 7 nitrogen and oxygen atoms in total. The molecule has 2 rings (SSSR count). The van der Waals surface area contributed by atoms with Gasteiger partial charge in [0.15, 0.2) is 6.61 Å². The number of nitro groups is 1. The fraction of sp³-hybridized carbons (Fsp3) is 0.222. The summed E-state index contributed by atoms with van der Waals surface area (Å²) in [5, 5.41) is 13.7. The first-order valence-electron chi connectivity index (χ1n) is 7.69. The summed E-state index contributed by atoms with van der Waals surface area (Å²) in [7, 11) is 0. The first-order valence-corrected chi connectivity index (χ1v) is 8.91. The molecule has 2 aromatic rings. The Morgan fingerprint density at radius 2 is 1.96 bits per heavy atom. The number of nitrogens with one attached hydrogen (secondary N) is 1. The second kappa shape index (κ2) is 8.48. The van der Waals surface area contributed by atoms with Gasteiger partial charge >= 0.3 is 5.97 Å². The predicted octanol–water partition coefficient (Wildman–Crippen LogP) is 3.73. The molecule has 0 aliphatic rings. The topological polar surface area (TPSA) is 98.5 Å². The summed E-state index contributed by atoms with van der Waals surface area (Å²) in [5.41, 5.74) is 2.45. The highest BCUT2D eigenvalue weighted by atomic mass is 32.2. The van der Waals surface area contributed by atoms with Gasteiger partial charge in [-0.15, -0.1) is 11.8 Å². The van der Waals surface area contributed by atoms with Crippen molar-refractivity contribution in [1.82, 2.24) is 0 Å². The van der Waals surface area contributed by atoms with Crippen LogP contribution in [0.5, 0.6) is 0 Å². The SMILES string of the molecule is CSc1ccc(C(=O)OCC(=O)Nc2cccc(C)c2C)cc1[N+](=O)[O-]. The minimum absolute atomic E-state index is 0.0223. The molecule has 8 heteroatoms. The average molecular weight is 374 g/mol. The number of ether oxygens (including phenoxy) is 1. The lowest BCUT2D eigenvalue weighted by atomic mass is 10.1. The standard InChI is InChI=1S/C18H18N2O5S/c1-11-5-4-6-14(12(11)2)19-17(21)10-25-18(22)13-7-8-16(26-3)15(9-13)20(23)24/h4-9H,10H2,1-3H3,(H,19,21). The molecule has 0 aromatic heterocycles. The van der Waals surface area contributed by atoms with Gasteiger partial charge < -0.3 is 10.1 Å². The molecule has 0 atom stereocenters. The minimum atomic E-state index is -0.795. The summed E-state index contributed by atoms with van der Waals surface area (Å²) in [6, 6.07) is 9.56. The second-order valence-corrected chi connectivity index (χ2v) is 6.36. The summed E-state index contributed by atoms with van der Waals surface area (Å²) < 4.78 is 4.96. The van der Waals surface area contributed by atoms with E-state index in [1.54, 1.807) is 12.3 Å². The number of nitrogens with zero attached hydrogens (tertiary/aromatic N) is 1. The maximum Gasteiger partial charge on any atom is 0.338 e. The molecule has 0 radical (unpaired) electrons. The van der Waals surface area contributed by atoms with Crippen LogP contribution in [0.4, 0.5) is 11.4 Å². The molecule has 0 bridgehead atoms. The molecule has 0 saturated carbocycles. The second-order valence-electron chi connectivity index (χ2n) is 5.52. The van der Waals surface area contributed by atoms with E-state index in [0.29, 0.717) is 10.6 Å². The average Bonchev–Trinajstić information content (AvgIpc) is 2.62. The van der Waals surface area contributed by atoms with Gasteiger partial charge in [-0.2, -0.15) is 0 Å². The number of aryl methyl sites for hydroxylation is 1. The minimum Gasteiger partial charge on any atom is -0.452 e. The molecule has 0 saturated heterocycles. The number of amides is 1. The third kappa shape index (κ3) is 4.60. The number of carbonyl (C=O) groups is 2. The lowest BCUT2D eigenvalue weighted by Crippen LogP contribution is -2.21. The van der Waals surface area contributed by atoms with Crippen LogP contribution in [0.1, 0.15) is 21.5 Å². The van der Waals surface area contributed by atoms with Gasteiger partial charge in [-0.3, -0.25) is 14.9 Å². The van der Waals surface area contributed by atoms with Crippen LogP contribution in [-0.2, 0) is 9.53 Å². The third-order valence-electron chi connectivity index (χ3n) is 3.82. The molecule has 136 valence electrons. The number of hydrogen-bond acceptors (Lipinski definition) is 6. The zero-order valence-electron chi connectivity index (χ0n) is 14.6. The Bertz CT molecular complexity index is 867. The maximum absolute atomic E-state index is 12.1. The van der Waals surface area contributed by atoms with Crippen molar-refractivity contribution in [2.24, 2.45) is 0 Å². The normalized spacial score (nSPS) is 10.3. The first-order chi connectivity index (χ1) is 12.3. The van der Waals surface area contributed by atoms with Crippen molar-refractivity contribution < 1.29 is 19.2 Å². The lowest BCUT2D eigenvalue weighted by molar-refractivity contribution is -0.387. The Morgan fingerprint density at radius 3 is 2.62 bits per heavy atom. The number of nitro benzene ring substituents is 1. The van der Waals surface area contributed by atoms with Crippen LogP contribution in [-0.4, -0.2) is 29.7 Å². The van der Waals surface area contributed by atoms with Crippen molar-refractivity contribution in [2.75, 3.05) is 18.2 Å². The smallest absolute Gasteiger partial charge is 0.338 e. The lowest BCUT2D eigenvalue weighted by Gasteiger charge is -2.10. The Morgan fingerprint density at radius 1 is 1.23 bits per heavy atom. The number of anilines is 1. The summed E-state index contributed by atoms with van der Waals surface area (Å²) in [4.78, 5) is 35.0. The van der Waals surface area contributed by atoms with Crippen molar-refractivity contribution in [3.63, 3.8) is 0 Å². The van der Waals surface area contributed by atoms with Crippen LogP contribution in [0.2, 0.25) is 0 Å². The third-order valence-corrected chi connectivity index (χ3v) is 4.61. The molecule has 0 aliphatic carbocycles. The van der Waals surface area contributed by atoms with E-state index in [0.717, 1.165) is 17.2 Å². The molecule has 1 amide bonds. The molecule has 26 heavy (non-hydrogen) atoms. The maximum atomic E-state index is 12.1. The van der Waals surface area contributed by atoms with E-state index in [2.05, 4.69) is 5.32 Å². The van der Waals surface area contributed by atoms with E-state index in [1.807, 2.05) is 26.0 Å². The van der Waals surface area contributed by atoms with Gasteiger partial charge in [-0.1, -0.05) is 12.1 Å². The number of hydrogen-bond donors (Lipinski definition) is 1. The predicted molar refractivity (Wildman–Crippen MR) is 99.7 cm³/mol. The monoisotopic (exact) mass is 374 g/mol. The highest BCUT2D eigenvalue weighted by Crippen LogP contribution is 2.28. The summed E-state index contributed by atoms with van der Waals surface area (Å²) in [5.74, 6) is -1.28. The van der Waals surface area contributed by atoms with Crippen molar-refractivity contribution >= 4 is 35.0 Å². The molecule has 1 N–H and O–H groups in total. The fourth-order valence-corrected chi connectivity index (χ4v) is 2.79. The molecular weight excluding hydrogens is 356 g/mol. The molecule has 0 fully saturated rings. The van der Waals surface area contributed by atoms with Gasteiger partial charge in [0.2, 0.25) is 0 Å². The molecule has 0 spiro atoms. The van der Waals surface area contributed by atoms with Crippen LogP contribution in [0, 0.1) is 24.0 Å². The number of thioether (sulfide) groups is 1. The molecule has 2 aromatic carbocycles. The molecule has 0 aliphatic heterocycles. The van der Waals surface area contributed by atoms with Crippen LogP contribution < -0.4 is 5.32 Å². The van der Waals surface area contributed by atoms with E-state index in [-0.39, 0.29) is 11.3 Å². The van der Waals surface area contributed by atoms with Gasteiger partial charge in [-0.05, 0) is 49.4 Å². The highest BCUT2D eigenvalue weighted by molar-refractivity contribution is 7.98. The van der Waals surface area contributed by atoms with Crippen molar-refractivity contribution in [3.05, 3.63) is 63.2 Å². The van der Waals surface area contributed by atoms with Crippen LogP contribution >= 0.6 is 11.8 Å². The van der Waals surface area contributed by atoms with E-state index in [4.69, 9.17) is 4.74 Å². The number of carbonyl (C=O) groups excluding carboxylic acids is 2. The van der Waals surface area contributed by atoms with Gasteiger partial charge in [0.25, 0.3) is 11.6 Å². The molecular formula is C18H18N2O5S. The van der Waals surface area contributed by atoms with E-state index >= 15 is 0 Å². The number of rotatable bonds is 6. The quantitative estimate of drug-likeness (QED) is 0.358. The van der Waals surface area contributed by atoms with Gasteiger partial charge in [0.1, 0.15) is 0 Å². The van der Waals surface area contributed by atoms with Gasteiger partial charge in [-0.25, -0.2) is 4.79 Å². The summed E-state index contributed by atoms with van der Waals surface area (Å²) in [6.07, 6.45) is 1.71. The zero-order valence-corrected chi connectivity index (χ0v) is 15.4. The van der Waals surface area contributed by atoms with Crippen LogP contribution in [0.15, 0.2) is 41.3 Å². The summed E-state index contributed by atoms with van der Waals surface area (Å²) >= 11 is 1.21. The number of esters is 1. The van der Waals surface area contributed by atoms with E-state index in [9.17, 15) is 19.7 Å². The Balaban J connectivity index is 2.02. The van der Waals surface area contributed by atoms with E-state index in [1.165, 1.54) is 23.9 Å². The van der Waals surface area contributed by atoms with Crippen LogP contribution in [0.3, 0.4) is 0 Å².